The molecule has 80 valence electrons. The van der Waals surface area contributed by atoms with Crippen molar-refractivity contribution in [2.75, 3.05) is 0 Å². The molecule has 2 heterocycles. The number of carbonyl (C=O) groups excluding carboxylic acids is 1. The molecule has 2 aromatic heterocycles. The van der Waals surface area contributed by atoms with Crippen LogP contribution in [0.2, 0.25) is 5.02 Å². The van der Waals surface area contributed by atoms with E-state index in [-0.39, 0.29) is 12.2 Å². The number of aromatic nitrogens is 2. The average molecular weight is 233 g/mol. The lowest BCUT2D eigenvalue weighted by atomic mass is 10.1. The van der Waals surface area contributed by atoms with E-state index in [4.69, 9.17) is 11.6 Å². The fourth-order valence-corrected chi connectivity index (χ4v) is 1.41. The van der Waals surface area contributed by atoms with E-state index in [0.29, 0.717) is 10.7 Å². The van der Waals surface area contributed by atoms with E-state index < -0.39 is 0 Å². The number of rotatable bonds is 3. The summed E-state index contributed by atoms with van der Waals surface area (Å²) < 4.78 is 0. The van der Waals surface area contributed by atoms with Crippen LogP contribution in [0.25, 0.3) is 0 Å². The second-order valence-electron chi connectivity index (χ2n) is 3.28. The lowest BCUT2D eigenvalue weighted by Gasteiger charge is -1.99. The summed E-state index contributed by atoms with van der Waals surface area (Å²) in [5.41, 5.74) is 1.15. The standard InChI is InChI=1S/C12H9ClN2O/c13-9-4-5-11(15-8-9)12(16)7-10-3-1-2-6-14-10/h1-6,8H,7H2. The summed E-state index contributed by atoms with van der Waals surface area (Å²) in [6, 6.07) is 8.75. The monoisotopic (exact) mass is 232 g/mol. The number of nitrogens with zero attached hydrogens (tertiary/aromatic N) is 2. The van der Waals surface area contributed by atoms with Gasteiger partial charge in [0.1, 0.15) is 5.69 Å². The van der Waals surface area contributed by atoms with Crippen molar-refractivity contribution in [2.24, 2.45) is 0 Å². The molecule has 0 unspecified atom stereocenters. The summed E-state index contributed by atoms with van der Waals surface area (Å²) in [5, 5.41) is 0.523. The normalized spacial score (nSPS) is 10.1. The van der Waals surface area contributed by atoms with Crippen LogP contribution in [0.5, 0.6) is 0 Å². The third-order valence-corrected chi connectivity index (χ3v) is 2.30. The lowest BCUT2D eigenvalue weighted by molar-refractivity contribution is 0.0987. The molecule has 2 aromatic rings. The Hall–Kier alpha value is -1.74. The molecule has 0 aromatic carbocycles. The van der Waals surface area contributed by atoms with Gasteiger partial charge in [0.25, 0.3) is 0 Å². The molecule has 0 fully saturated rings. The molecular weight excluding hydrogens is 224 g/mol. The quantitative estimate of drug-likeness (QED) is 0.764. The van der Waals surface area contributed by atoms with Gasteiger partial charge < -0.3 is 0 Å². The van der Waals surface area contributed by atoms with Crippen LogP contribution in [0, 0.1) is 0 Å². The Labute approximate surface area is 98.1 Å². The number of hydrogen-bond donors (Lipinski definition) is 0. The van der Waals surface area contributed by atoms with Crippen molar-refractivity contribution in [3.63, 3.8) is 0 Å². The molecule has 0 saturated heterocycles. The van der Waals surface area contributed by atoms with E-state index in [1.807, 2.05) is 18.2 Å². The highest BCUT2D eigenvalue weighted by molar-refractivity contribution is 6.30. The first kappa shape index (κ1) is 10.8. The summed E-state index contributed by atoms with van der Waals surface area (Å²) in [7, 11) is 0. The van der Waals surface area contributed by atoms with Crippen LogP contribution < -0.4 is 0 Å². The number of halogens is 1. The van der Waals surface area contributed by atoms with Gasteiger partial charge in [-0.25, -0.2) is 0 Å². The van der Waals surface area contributed by atoms with Crippen LogP contribution in [0.15, 0.2) is 42.7 Å². The number of Topliss-reactive ketones (excluding diaryl/α,β-unsaturated/α-hetero) is 1. The third kappa shape index (κ3) is 2.64. The van der Waals surface area contributed by atoms with Gasteiger partial charge in [-0.15, -0.1) is 0 Å². The van der Waals surface area contributed by atoms with Gasteiger partial charge in [-0.2, -0.15) is 0 Å². The highest BCUT2D eigenvalue weighted by Crippen LogP contribution is 2.08. The largest absolute Gasteiger partial charge is 0.292 e. The fourth-order valence-electron chi connectivity index (χ4n) is 1.30. The van der Waals surface area contributed by atoms with Crippen LogP contribution in [0.1, 0.15) is 16.2 Å². The third-order valence-electron chi connectivity index (χ3n) is 2.08. The molecule has 0 amide bonds. The minimum absolute atomic E-state index is 0.0598. The van der Waals surface area contributed by atoms with Crippen molar-refractivity contribution >= 4 is 17.4 Å². The SMILES string of the molecule is O=C(Cc1ccccn1)c1ccc(Cl)cn1. The second kappa shape index (κ2) is 4.86. The van der Waals surface area contributed by atoms with Crippen LogP contribution in [0.3, 0.4) is 0 Å². The smallest absolute Gasteiger partial charge is 0.187 e. The molecule has 0 saturated carbocycles. The van der Waals surface area contributed by atoms with Crippen LogP contribution >= 0.6 is 11.6 Å². The molecule has 2 rings (SSSR count). The molecule has 0 spiro atoms. The average Bonchev–Trinajstić information content (AvgIpc) is 2.31. The predicted molar refractivity (Wildman–Crippen MR) is 61.5 cm³/mol. The first-order valence-electron chi connectivity index (χ1n) is 4.80. The first-order valence-corrected chi connectivity index (χ1v) is 5.18. The van der Waals surface area contributed by atoms with E-state index >= 15 is 0 Å². The van der Waals surface area contributed by atoms with Crippen LogP contribution in [-0.2, 0) is 6.42 Å². The zero-order valence-electron chi connectivity index (χ0n) is 8.43. The zero-order chi connectivity index (χ0) is 11.4. The second-order valence-corrected chi connectivity index (χ2v) is 3.72. The van der Waals surface area contributed by atoms with Crippen molar-refractivity contribution in [3.8, 4) is 0 Å². The minimum atomic E-state index is -0.0598. The van der Waals surface area contributed by atoms with Crippen molar-refractivity contribution in [2.45, 2.75) is 6.42 Å². The molecule has 0 N–H and O–H groups in total. The molecule has 4 heteroatoms. The van der Waals surface area contributed by atoms with Crippen molar-refractivity contribution < 1.29 is 4.79 Å². The summed E-state index contributed by atoms with van der Waals surface area (Å²) in [5.74, 6) is -0.0598. The number of pyridine rings is 2. The van der Waals surface area contributed by atoms with Gasteiger partial charge in [-0.1, -0.05) is 17.7 Å². The highest BCUT2D eigenvalue weighted by Gasteiger charge is 2.08. The van der Waals surface area contributed by atoms with E-state index in [2.05, 4.69) is 9.97 Å². The maximum atomic E-state index is 11.8. The molecule has 3 nitrogen and oxygen atoms in total. The van der Waals surface area contributed by atoms with Gasteiger partial charge in [-0.3, -0.25) is 14.8 Å². The highest BCUT2D eigenvalue weighted by atomic mass is 35.5. The van der Waals surface area contributed by atoms with Crippen LogP contribution in [0.4, 0.5) is 0 Å². The van der Waals surface area contributed by atoms with Gasteiger partial charge in [0.2, 0.25) is 0 Å². The Morgan fingerprint density at radius 1 is 1.19 bits per heavy atom. The van der Waals surface area contributed by atoms with E-state index in [1.54, 1.807) is 18.3 Å². The summed E-state index contributed by atoms with van der Waals surface area (Å²) in [6.07, 6.45) is 3.39. The Bertz CT molecular complexity index is 482. The van der Waals surface area contributed by atoms with Gasteiger partial charge in [-0.05, 0) is 24.3 Å². The summed E-state index contributed by atoms with van der Waals surface area (Å²) >= 11 is 5.69. The van der Waals surface area contributed by atoms with Crippen LogP contribution in [-0.4, -0.2) is 15.8 Å². The molecule has 16 heavy (non-hydrogen) atoms. The first-order chi connectivity index (χ1) is 7.75. The van der Waals surface area contributed by atoms with E-state index in [0.717, 1.165) is 5.69 Å². The number of carbonyl (C=O) groups is 1. The molecule has 0 aliphatic carbocycles. The summed E-state index contributed by atoms with van der Waals surface area (Å²) in [4.78, 5) is 19.8. The molecule has 0 atom stereocenters. The molecular formula is C12H9ClN2O. The Kier molecular flexibility index (Phi) is 3.27. The van der Waals surface area contributed by atoms with Crippen molar-refractivity contribution in [1.82, 2.24) is 9.97 Å². The Morgan fingerprint density at radius 3 is 2.69 bits per heavy atom. The van der Waals surface area contributed by atoms with Gasteiger partial charge >= 0.3 is 0 Å². The summed E-state index contributed by atoms with van der Waals surface area (Å²) in [6.45, 7) is 0. The Balaban J connectivity index is 2.12. The van der Waals surface area contributed by atoms with Crippen molar-refractivity contribution in [3.05, 3.63) is 59.1 Å². The molecule has 0 aliphatic rings. The Morgan fingerprint density at radius 2 is 2.06 bits per heavy atom. The molecule has 0 aliphatic heterocycles. The fraction of sp³-hybridized carbons (Fsp3) is 0.0833. The van der Waals surface area contributed by atoms with Crippen molar-refractivity contribution in [1.29, 1.82) is 0 Å². The predicted octanol–water partition coefficient (Wildman–Crippen LogP) is 2.56. The van der Waals surface area contributed by atoms with E-state index in [1.165, 1.54) is 6.20 Å². The maximum Gasteiger partial charge on any atom is 0.187 e. The topological polar surface area (TPSA) is 42.9 Å². The lowest BCUT2D eigenvalue weighted by Crippen LogP contribution is -2.06. The minimum Gasteiger partial charge on any atom is -0.292 e. The number of ketones is 1. The van der Waals surface area contributed by atoms with Gasteiger partial charge in [0.15, 0.2) is 5.78 Å². The number of hydrogen-bond acceptors (Lipinski definition) is 3. The molecule has 0 bridgehead atoms. The molecule has 0 radical (unpaired) electrons. The maximum absolute atomic E-state index is 11.8. The van der Waals surface area contributed by atoms with Gasteiger partial charge in [0.05, 0.1) is 11.4 Å². The zero-order valence-corrected chi connectivity index (χ0v) is 9.19. The van der Waals surface area contributed by atoms with E-state index in [9.17, 15) is 4.79 Å². The van der Waals surface area contributed by atoms with Gasteiger partial charge in [0, 0.05) is 18.1 Å².